The molecule has 2 rings (SSSR count). The van der Waals surface area contributed by atoms with Crippen LogP contribution in [-0.4, -0.2) is 23.7 Å². The first-order chi connectivity index (χ1) is 10.0. The Morgan fingerprint density at radius 1 is 1.38 bits per heavy atom. The molecule has 112 valence electrons. The van der Waals surface area contributed by atoms with E-state index in [4.69, 9.17) is 4.74 Å². The quantitative estimate of drug-likeness (QED) is 0.740. The standard InChI is InChI=1S/C15H18N2O4/c1-3-8-21-14(19)12-9(2)16-15(20)17-13(12)10-6-4-5-7-11(10)18/h4-7,13,18H,3,8H2,1-2H3,(H2,16,17,20)/t13-/m1/s1. The fraction of sp³-hybridized carbons (Fsp3) is 0.333. The Hall–Kier alpha value is -2.50. The number of para-hydroxylation sites is 1. The van der Waals surface area contributed by atoms with Crippen molar-refractivity contribution in [2.75, 3.05) is 6.61 Å². The van der Waals surface area contributed by atoms with E-state index in [0.29, 0.717) is 29.9 Å². The number of hydrogen-bond donors (Lipinski definition) is 3. The Bertz CT molecular complexity index is 595. The van der Waals surface area contributed by atoms with Crippen molar-refractivity contribution in [3.63, 3.8) is 0 Å². The van der Waals surface area contributed by atoms with Crippen molar-refractivity contribution >= 4 is 12.0 Å². The number of hydrogen-bond acceptors (Lipinski definition) is 4. The first kappa shape index (κ1) is 14.9. The highest BCUT2D eigenvalue weighted by Crippen LogP contribution is 2.32. The number of carbonyl (C=O) groups excluding carboxylic acids is 2. The fourth-order valence-corrected chi connectivity index (χ4v) is 2.20. The van der Waals surface area contributed by atoms with Gasteiger partial charge in [0.25, 0.3) is 0 Å². The lowest BCUT2D eigenvalue weighted by Gasteiger charge is -2.28. The average Bonchev–Trinajstić information content (AvgIpc) is 2.44. The van der Waals surface area contributed by atoms with Crippen LogP contribution in [0, 0.1) is 0 Å². The maximum absolute atomic E-state index is 12.2. The van der Waals surface area contributed by atoms with Crippen LogP contribution in [0.3, 0.4) is 0 Å². The molecule has 3 N–H and O–H groups in total. The number of esters is 1. The summed E-state index contributed by atoms with van der Waals surface area (Å²) < 4.78 is 5.16. The Morgan fingerprint density at radius 2 is 2.10 bits per heavy atom. The van der Waals surface area contributed by atoms with Crippen LogP contribution in [0.5, 0.6) is 5.75 Å². The average molecular weight is 290 g/mol. The number of benzene rings is 1. The molecular weight excluding hydrogens is 272 g/mol. The van der Waals surface area contributed by atoms with Crippen LogP contribution in [0.4, 0.5) is 4.79 Å². The third kappa shape index (κ3) is 3.16. The Morgan fingerprint density at radius 3 is 2.76 bits per heavy atom. The highest BCUT2D eigenvalue weighted by atomic mass is 16.5. The number of urea groups is 1. The minimum Gasteiger partial charge on any atom is -0.508 e. The SMILES string of the molecule is CCCOC(=O)C1=C(C)NC(=O)N[C@@H]1c1ccccc1O. The molecule has 21 heavy (non-hydrogen) atoms. The number of amides is 2. The monoisotopic (exact) mass is 290 g/mol. The molecule has 0 fully saturated rings. The molecule has 1 heterocycles. The highest BCUT2D eigenvalue weighted by Gasteiger charge is 2.33. The molecule has 0 aliphatic carbocycles. The molecule has 0 saturated heterocycles. The maximum atomic E-state index is 12.2. The van der Waals surface area contributed by atoms with E-state index in [9.17, 15) is 14.7 Å². The number of nitrogens with one attached hydrogen (secondary N) is 2. The van der Waals surface area contributed by atoms with Crippen LogP contribution in [0.1, 0.15) is 31.9 Å². The summed E-state index contributed by atoms with van der Waals surface area (Å²) in [5.74, 6) is -0.492. The topological polar surface area (TPSA) is 87.7 Å². The third-order valence-corrected chi connectivity index (χ3v) is 3.17. The van der Waals surface area contributed by atoms with Crippen LogP contribution in [0.25, 0.3) is 0 Å². The third-order valence-electron chi connectivity index (χ3n) is 3.17. The molecule has 1 aromatic rings. The zero-order valence-corrected chi connectivity index (χ0v) is 12.0. The number of aromatic hydroxyl groups is 1. The second-order valence-electron chi connectivity index (χ2n) is 4.76. The van der Waals surface area contributed by atoms with E-state index in [-0.39, 0.29) is 5.75 Å². The Labute approximate surface area is 122 Å². The van der Waals surface area contributed by atoms with Gasteiger partial charge in [0.2, 0.25) is 0 Å². The lowest BCUT2D eigenvalue weighted by atomic mass is 9.95. The molecule has 6 nitrogen and oxygen atoms in total. The zero-order chi connectivity index (χ0) is 15.4. The molecule has 1 aromatic carbocycles. The molecule has 0 bridgehead atoms. The van der Waals surface area contributed by atoms with Crippen molar-refractivity contribution in [1.29, 1.82) is 0 Å². The molecule has 1 aliphatic rings. The Kier molecular flexibility index (Phi) is 4.47. The van der Waals surface area contributed by atoms with E-state index in [1.807, 2.05) is 6.92 Å². The van der Waals surface area contributed by atoms with Gasteiger partial charge in [-0.05, 0) is 19.4 Å². The Balaban J connectivity index is 2.41. The van der Waals surface area contributed by atoms with Gasteiger partial charge in [-0.2, -0.15) is 0 Å². The number of phenolic OH excluding ortho intramolecular Hbond substituents is 1. The predicted molar refractivity (Wildman–Crippen MR) is 76.5 cm³/mol. The summed E-state index contributed by atoms with van der Waals surface area (Å²) in [5, 5.41) is 15.2. The van der Waals surface area contributed by atoms with Crippen LogP contribution in [0.15, 0.2) is 35.5 Å². The maximum Gasteiger partial charge on any atom is 0.338 e. The highest BCUT2D eigenvalue weighted by molar-refractivity contribution is 5.95. The van der Waals surface area contributed by atoms with Gasteiger partial charge in [-0.15, -0.1) is 0 Å². The largest absolute Gasteiger partial charge is 0.508 e. The molecule has 6 heteroatoms. The van der Waals surface area contributed by atoms with Gasteiger partial charge in [-0.3, -0.25) is 0 Å². The summed E-state index contributed by atoms with van der Waals surface area (Å²) >= 11 is 0. The number of carbonyl (C=O) groups is 2. The van der Waals surface area contributed by atoms with Gasteiger partial charge in [0, 0.05) is 11.3 Å². The van der Waals surface area contributed by atoms with Crippen molar-refractivity contribution < 1.29 is 19.4 Å². The van der Waals surface area contributed by atoms with Crippen molar-refractivity contribution in [2.24, 2.45) is 0 Å². The van der Waals surface area contributed by atoms with E-state index >= 15 is 0 Å². The van der Waals surface area contributed by atoms with Crippen molar-refractivity contribution in [3.05, 3.63) is 41.1 Å². The summed E-state index contributed by atoms with van der Waals surface area (Å²) in [4.78, 5) is 23.9. The van der Waals surface area contributed by atoms with Gasteiger partial charge in [0.1, 0.15) is 5.75 Å². The molecule has 0 spiro atoms. The van der Waals surface area contributed by atoms with Gasteiger partial charge < -0.3 is 20.5 Å². The molecule has 2 amide bonds. The molecule has 0 saturated carbocycles. The molecular formula is C15H18N2O4. The van der Waals surface area contributed by atoms with Gasteiger partial charge in [0.15, 0.2) is 0 Å². The number of allylic oxidation sites excluding steroid dienone is 1. The minimum absolute atomic E-state index is 0.0123. The molecule has 1 atom stereocenters. The van der Waals surface area contributed by atoms with E-state index in [0.717, 1.165) is 0 Å². The minimum atomic E-state index is -0.732. The second kappa shape index (κ2) is 6.30. The normalized spacial score (nSPS) is 18.0. The summed E-state index contributed by atoms with van der Waals surface area (Å²) in [6.07, 6.45) is 0.707. The van der Waals surface area contributed by atoms with Gasteiger partial charge in [-0.1, -0.05) is 25.1 Å². The van der Waals surface area contributed by atoms with Crippen molar-refractivity contribution in [2.45, 2.75) is 26.3 Å². The number of rotatable bonds is 4. The first-order valence-corrected chi connectivity index (χ1v) is 6.78. The summed E-state index contributed by atoms with van der Waals surface area (Å²) in [6, 6.07) is 5.41. The van der Waals surface area contributed by atoms with Crippen LogP contribution >= 0.6 is 0 Å². The van der Waals surface area contributed by atoms with Crippen LogP contribution in [-0.2, 0) is 9.53 Å². The van der Waals surface area contributed by atoms with E-state index in [1.54, 1.807) is 25.1 Å². The predicted octanol–water partition coefficient (Wildman–Crippen LogP) is 1.97. The van der Waals surface area contributed by atoms with Gasteiger partial charge in [0.05, 0.1) is 18.2 Å². The van der Waals surface area contributed by atoms with Crippen LogP contribution < -0.4 is 10.6 Å². The fourth-order valence-electron chi connectivity index (χ4n) is 2.20. The van der Waals surface area contributed by atoms with E-state index in [2.05, 4.69) is 10.6 Å². The van der Waals surface area contributed by atoms with Gasteiger partial charge >= 0.3 is 12.0 Å². The second-order valence-corrected chi connectivity index (χ2v) is 4.76. The first-order valence-electron chi connectivity index (χ1n) is 6.78. The van der Waals surface area contributed by atoms with Crippen LogP contribution in [0.2, 0.25) is 0 Å². The van der Waals surface area contributed by atoms with Crippen molar-refractivity contribution in [3.8, 4) is 5.75 Å². The number of phenols is 1. The smallest absolute Gasteiger partial charge is 0.338 e. The number of ether oxygens (including phenoxy) is 1. The van der Waals surface area contributed by atoms with Gasteiger partial charge in [-0.25, -0.2) is 9.59 Å². The van der Waals surface area contributed by atoms with Crippen molar-refractivity contribution in [1.82, 2.24) is 10.6 Å². The molecule has 0 radical (unpaired) electrons. The molecule has 1 aliphatic heterocycles. The van der Waals surface area contributed by atoms with E-state index < -0.39 is 18.0 Å². The lowest BCUT2D eigenvalue weighted by molar-refractivity contribution is -0.139. The summed E-state index contributed by atoms with van der Waals surface area (Å²) in [5.41, 5.74) is 1.17. The summed E-state index contributed by atoms with van der Waals surface area (Å²) in [7, 11) is 0. The molecule has 0 unspecified atom stereocenters. The molecule has 0 aromatic heterocycles. The summed E-state index contributed by atoms with van der Waals surface area (Å²) in [6.45, 7) is 3.83. The van der Waals surface area contributed by atoms with E-state index in [1.165, 1.54) is 6.07 Å². The zero-order valence-electron chi connectivity index (χ0n) is 12.0. The lowest BCUT2D eigenvalue weighted by Crippen LogP contribution is -2.45.